The van der Waals surface area contributed by atoms with Gasteiger partial charge in [-0.05, 0) is 38.3 Å². The highest BCUT2D eigenvalue weighted by atomic mass is 16.3. The predicted octanol–water partition coefficient (Wildman–Crippen LogP) is 2.27. The molecule has 1 unspecified atom stereocenters. The van der Waals surface area contributed by atoms with Gasteiger partial charge in [0.25, 0.3) is 0 Å². The highest BCUT2D eigenvalue weighted by molar-refractivity contribution is 4.68. The predicted molar refractivity (Wildman–Crippen MR) is 60.4 cm³/mol. The largest absolute Gasteiger partial charge is 0.392 e. The van der Waals surface area contributed by atoms with Crippen molar-refractivity contribution in [2.24, 2.45) is 5.92 Å². The Morgan fingerprint density at radius 2 is 1.64 bits per heavy atom. The van der Waals surface area contributed by atoms with Crippen LogP contribution in [-0.4, -0.2) is 35.7 Å². The Morgan fingerprint density at radius 1 is 1.07 bits per heavy atom. The Kier molecular flexibility index (Phi) is 5.49. The molecular weight excluding hydrogens is 174 g/mol. The molecule has 1 fully saturated rings. The van der Waals surface area contributed by atoms with Gasteiger partial charge in [0, 0.05) is 6.54 Å². The van der Waals surface area contributed by atoms with E-state index in [1.54, 1.807) is 0 Å². The Bertz CT molecular complexity index is 139. The molecule has 1 heterocycles. The quantitative estimate of drug-likeness (QED) is 0.751. The molecule has 14 heavy (non-hydrogen) atoms. The summed E-state index contributed by atoms with van der Waals surface area (Å²) in [5, 5.41) is 9.82. The molecule has 0 aromatic rings. The van der Waals surface area contributed by atoms with E-state index in [9.17, 15) is 5.11 Å². The molecule has 2 heteroatoms. The summed E-state index contributed by atoms with van der Waals surface area (Å²) in [4.78, 5) is 2.43. The van der Waals surface area contributed by atoms with Gasteiger partial charge in [-0.25, -0.2) is 0 Å². The number of likely N-dealkylation sites (tertiary alicyclic amines) is 1. The zero-order valence-electron chi connectivity index (χ0n) is 9.71. The van der Waals surface area contributed by atoms with Gasteiger partial charge in [0.15, 0.2) is 0 Å². The van der Waals surface area contributed by atoms with E-state index in [0.717, 1.165) is 13.0 Å². The molecule has 84 valence electrons. The fraction of sp³-hybridized carbons (Fsp3) is 1.00. The number of aliphatic hydroxyl groups excluding tert-OH is 1. The molecule has 1 atom stereocenters. The van der Waals surface area contributed by atoms with Crippen molar-refractivity contribution in [3.05, 3.63) is 0 Å². The van der Waals surface area contributed by atoms with Gasteiger partial charge in [0.05, 0.1) is 6.10 Å². The van der Waals surface area contributed by atoms with Gasteiger partial charge >= 0.3 is 0 Å². The highest BCUT2D eigenvalue weighted by Gasteiger charge is 2.14. The Labute approximate surface area is 88.3 Å². The van der Waals surface area contributed by atoms with E-state index in [1.165, 1.54) is 38.8 Å². The Hall–Kier alpha value is -0.0800. The molecule has 1 saturated heterocycles. The van der Waals surface area contributed by atoms with E-state index in [2.05, 4.69) is 18.7 Å². The minimum absolute atomic E-state index is 0.118. The first-order valence-corrected chi connectivity index (χ1v) is 6.09. The van der Waals surface area contributed by atoms with Crippen molar-refractivity contribution in [1.29, 1.82) is 0 Å². The third-order valence-electron chi connectivity index (χ3n) is 2.91. The van der Waals surface area contributed by atoms with E-state index in [0.29, 0.717) is 5.92 Å². The summed E-state index contributed by atoms with van der Waals surface area (Å²) in [5.74, 6) is 0.608. The van der Waals surface area contributed by atoms with E-state index in [4.69, 9.17) is 0 Å². The van der Waals surface area contributed by atoms with Crippen molar-refractivity contribution in [3.8, 4) is 0 Å². The standard InChI is InChI=1S/C12H25NO/c1-11(2)9-12(14)10-13-7-5-3-4-6-8-13/h11-12,14H,3-10H2,1-2H3. The van der Waals surface area contributed by atoms with Gasteiger partial charge in [0.2, 0.25) is 0 Å². The van der Waals surface area contributed by atoms with Gasteiger partial charge in [0.1, 0.15) is 0 Å². The van der Waals surface area contributed by atoms with Crippen LogP contribution in [0.1, 0.15) is 46.0 Å². The summed E-state index contributed by atoms with van der Waals surface area (Å²) in [5.41, 5.74) is 0. The Balaban J connectivity index is 2.20. The second-order valence-corrected chi connectivity index (χ2v) is 5.00. The average molecular weight is 199 g/mol. The third-order valence-corrected chi connectivity index (χ3v) is 2.91. The Morgan fingerprint density at radius 3 is 2.14 bits per heavy atom. The number of nitrogens with zero attached hydrogens (tertiary/aromatic N) is 1. The number of hydrogen-bond acceptors (Lipinski definition) is 2. The van der Waals surface area contributed by atoms with Gasteiger partial charge in [-0.15, -0.1) is 0 Å². The minimum Gasteiger partial charge on any atom is -0.392 e. The van der Waals surface area contributed by atoms with Crippen molar-refractivity contribution < 1.29 is 5.11 Å². The van der Waals surface area contributed by atoms with Crippen LogP contribution in [0.25, 0.3) is 0 Å². The molecule has 0 spiro atoms. The molecule has 1 aliphatic heterocycles. The molecule has 1 aliphatic rings. The monoisotopic (exact) mass is 199 g/mol. The molecule has 0 aromatic carbocycles. The molecule has 0 bridgehead atoms. The molecule has 0 aliphatic carbocycles. The van der Waals surface area contributed by atoms with Crippen LogP contribution in [-0.2, 0) is 0 Å². The second kappa shape index (κ2) is 6.41. The molecule has 0 aromatic heterocycles. The van der Waals surface area contributed by atoms with Crippen molar-refractivity contribution in [2.75, 3.05) is 19.6 Å². The van der Waals surface area contributed by atoms with Gasteiger partial charge in [-0.3, -0.25) is 0 Å². The molecule has 2 nitrogen and oxygen atoms in total. The molecule has 0 saturated carbocycles. The van der Waals surface area contributed by atoms with Crippen LogP contribution in [0.5, 0.6) is 0 Å². The zero-order chi connectivity index (χ0) is 10.4. The van der Waals surface area contributed by atoms with Crippen molar-refractivity contribution in [2.45, 2.75) is 52.1 Å². The van der Waals surface area contributed by atoms with Gasteiger partial charge < -0.3 is 10.0 Å². The number of β-amino-alcohol motifs (C(OH)–C–C–N with tert-alkyl or cyclic N) is 1. The summed E-state index contributed by atoms with van der Waals surface area (Å²) in [6, 6.07) is 0. The number of hydrogen-bond donors (Lipinski definition) is 1. The fourth-order valence-corrected chi connectivity index (χ4v) is 2.24. The van der Waals surface area contributed by atoms with Crippen LogP contribution >= 0.6 is 0 Å². The summed E-state index contributed by atoms with van der Waals surface area (Å²) < 4.78 is 0. The molecule has 0 amide bonds. The first-order valence-electron chi connectivity index (χ1n) is 6.09. The van der Waals surface area contributed by atoms with Crippen molar-refractivity contribution >= 4 is 0 Å². The second-order valence-electron chi connectivity index (χ2n) is 5.00. The summed E-state index contributed by atoms with van der Waals surface area (Å²) in [7, 11) is 0. The lowest BCUT2D eigenvalue weighted by atomic mass is 10.1. The van der Waals surface area contributed by atoms with E-state index in [-0.39, 0.29) is 6.10 Å². The summed E-state index contributed by atoms with van der Waals surface area (Å²) >= 11 is 0. The van der Waals surface area contributed by atoms with Crippen molar-refractivity contribution in [1.82, 2.24) is 4.90 Å². The van der Waals surface area contributed by atoms with Crippen LogP contribution in [0.3, 0.4) is 0 Å². The number of aliphatic hydroxyl groups is 1. The molecule has 1 N–H and O–H groups in total. The maximum atomic E-state index is 9.82. The highest BCUT2D eigenvalue weighted by Crippen LogP contribution is 2.12. The van der Waals surface area contributed by atoms with Crippen LogP contribution in [0, 0.1) is 5.92 Å². The van der Waals surface area contributed by atoms with E-state index in [1.807, 2.05) is 0 Å². The first-order chi connectivity index (χ1) is 6.68. The van der Waals surface area contributed by atoms with Crippen molar-refractivity contribution in [3.63, 3.8) is 0 Å². The topological polar surface area (TPSA) is 23.5 Å². The van der Waals surface area contributed by atoms with Crippen LogP contribution in [0.4, 0.5) is 0 Å². The smallest absolute Gasteiger partial charge is 0.0669 e. The maximum absolute atomic E-state index is 9.82. The SMILES string of the molecule is CC(C)CC(O)CN1CCCCCC1. The van der Waals surface area contributed by atoms with Crippen LogP contribution in [0.15, 0.2) is 0 Å². The summed E-state index contributed by atoms with van der Waals surface area (Å²) in [6.07, 6.45) is 6.19. The molecule has 0 radical (unpaired) electrons. The van der Waals surface area contributed by atoms with E-state index >= 15 is 0 Å². The zero-order valence-corrected chi connectivity index (χ0v) is 9.71. The van der Waals surface area contributed by atoms with Gasteiger partial charge in [-0.1, -0.05) is 26.7 Å². The van der Waals surface area contributed by atoms with Gasteiger partial charge in [-0.2, -0.15) is 0 Å². The van der Waals surface area contributed by atoms with E-state index < -0.39 is 0 Å². The normalized spacial score (nSPS) is 22.3. The third kappa shape index (κ3) is 4.97. The maximum Gasteiger partial charge on any atom is 0.0669 e. The first kappa shape index (κ1) is 12.0. The lowest BCUT2D eigenvalue weighted by Crippen LogP contribution is -2.33. The lowest BCUT2D eigenvalue weighted by Gasteiger charge is -2.23. The lowest BCUT2D eigenvalue weighted by molar-refractivity contribution is 0.0964. The fourth-order valence-electron chi connectivity index (χ4n) is 2.24. The number of rotatable bonds is 4. The van der Waals surface area contributed by atoms with Crippen LogP contribution < -0.4 is 0 Å². The summed E-state index contributed by atoms with van der Waals surface area (Å²) in [6.45, 7) is 7.61. The van der Waals surface area contributed by atoms with Crippen LogP contribution in [0.2, 0.25) is 0 Å². The molecular formula is C12H25NO. The molecule has 1 rings (SSSR count). The minimum atomic E-state index is -0.118. The average Bonchev–Trinajstić information content (AvgIpc) is 2.31.